The molecule has 4 rings (SSSR count). The Bertz CT molecular complexity index is 942. The van der Waals surface area contributed by atoms with Crippen LogP contribution >= 0.6 is 11.3 Å². The van der Waals surface area contributed by atoms with Crippen LogP contribution in [0.2, 0.25) is 0 Å². The molecule has 4 nitrogen and oxygen atoms in total. The predicted octanol–water partition coefficient (Wildman–Crippen LogP) is 4.22. The zero-order chi connectivity index (χ0) is 16.5. The van der Waals surface area contributed by atoms with E-state index >= 15 is 0 Å². The Morgan fingerprint density at radius 2 is 2.04 bits per heavy atom. The largest absolute Gasteiger partial charge is 0.508 e. The van der Waals surface area contributed by atoms with Crippen LogP contribution in [-0.2, 0) is 0 Å². The minimum atomic E-state index is 0.0673. The van der Waals surface area contributed by atoms with Crippen molar-refractivity contribution in [1.29, 1.82) is 0 Å². The van der Waals surface area contributed by atoms with Crippen LogP contribution in [0.25, 0.3) is 20.7 Å². The van der Waals surface area contributed by atoms with E-state index in [9.17, 15) is 5.11 Å². The Labute approximate surface area is 143 Å². The van der Waals surface area contributed by atoms with Gasteiger partial charge in [-0.1, -0.05) is 6.08 Å². The minimum absolute atomic E-state index is 0.0673. The average Bonchev–Trinajstić information content (AvgIpc) is 3.03. The first-order chi connectivity index (χ1) is 11.7. The molecule has 5 heteroatoms. The van der Waals surface area contributed by atoms with Gasteiger partial charge in [0, 0.05) is 23.2 Å². The van der Waals surface area contributed by atoms with Gasteiger partial charge in [0.1, 0.15) is 17.3 Å². The van der Waals surface area contributed by atoms with Crippen molar-refractivity contribution in [3.8, 4) is 21.9 Å². The van der Waals surface area contributed by atoms with Crippen molar-refractivity contribution >= 4 is 21.6 Å². The quantitative estimate of drug-likeness (QED) is 0.751. The number of aromatic hydroxyl groups is 1. The standard InChI is InChI=1S/C19H16N2O2S/c20-13-3-7-15(8-4-13)23-17-9-10-21-16-11-18(24-19(16)17)12-1-5-14(22)6-2-12/h1-3,5-11,13,22H,4,20H2. The van der Waals surface area contributed by atoms with Crippen molar-refractivity contribution in [2.45, 2.75) is 12.5 Å². The lowest BCUT2D eigenvalue weighted by atomic mass is 10.1. The Morgan fingerprint density at radius 3 is 2.79 bits per heavy atom. The number of pyridine rings is 1. The maximum atomic E-state index is 9.44. The molecule has 1 aliphatic rings. The molecule has 120 valence electrons. The minimum Gasteiger partial charge on any atom is -0.508 e. The van der Waals surface area contributed by atoms with Crippen LogP contribution in [0, 0.1) is 0 Å². The van der Waals surface area contributed by atoms with Gasteiger partial charge in [-0.15, -0.1) is 11.3 Å². The Balaban J connectivity index is 1.70. The summed E-state index contributed by atoms with van der Waals surface area (Å²) in [5.74, 6) is 1.86. The summed E-state index contributed by atoms with van der Waals surface area (Å²) in [6.45, 7) is 0. The fourth-order valence-corrected chi connectivity index (χ4v) is 3.65. The maximum absolute atomic E-state index is 9.44. The fraction of sp³-hybridized carbons (Fsp3) is 0.105. The first-order valence-electron chi connectivity index (χ1n) is 7.69. The lowest BCUT2D eigenvalue weighted by Gasteiger charge is -2.13. The van der Waals surface area contributed by atoms with E-state index < -0.39 is 0 Å². The van der Waals surface area contributed by atoms with Gasteiger partial charge in [-0.25, -0.2) is 0 Å². The molecule has 0 saturated heterocycles. The van der Waals surface area contributed by atoms with Crippen molar-refractivity contribution in [3.05, 3.63) is 66.6 Å². The van der Waals surface area contributed by atoms with Crippen molar-refractivity contribution in [3.63, 3.8) is 0 Å². The molecule has 0 saturated carbocycles. The van der Waals surface area contributed by atoms with Gasteiger partial charge < -0.3 is 15.6 Å². The number of fused-ring (bicyclic) bond motifs is 1. The van der Waals surface area contributed by atoms with Crippen LogP contribution in [0.5, 0.6) is 11.5 Å². The smallest absolute Gasteiger partial charge is 0.148 e. The molecule has 1 aromatic carbocycles. The first-order valence-corrected chi connectivity index (χ1v) is 8.50. The van der Waals surface area contributed by atoms with E-state index in [-0.39, 0.29) is 11.8 Å². The van der Waals surface area contributed by atoms with E-state index in [4.69, 9.17) is 10.5 Å². The second kappa shape index (κ2) is 6.11. The number of hydrogen-bond donors (Lipinski definition) is 2. The molecule has 3 N–H and O–H groups in total. The van der Waals surface area contributed by atoms with Gasteiger partial charge in [-0.2, -0.15) is 0 Å². The monoisotopic (exact) mass is 336 g/mol. The number of phenolic OH excluding ortho intramolecular Hbond substituents is 1. The Hall–Kier alpha value is -2.63. The lowest BCUT2D eigenvalue weighted by Crippen LogP contribution is -2.18. The van der Waals surface area contributed by atoms with E-state index in [1.165, 1.54) is 0 Å². The van der Waals surface area contributed by atoms with Crippen molar-refractivity contribution in [2.24, 2.45) is 5.73 Å². The van der Waals surface area contributed by atoms with E-state index in [0.717, 1.165) is 38.6 Å². The normalized spacial score (nSPS) is 17.0. The Kier molecular flexibility index (Phi) is 3.80. The number of nitrogens with two attached hydrogens (primary N) is 1. The molecule has 2 heterocycles. The second-order valence-electron chi connectivity index (χ2n) is 5.65. The van der Waals surface area contributed by atoms with E-state index in [1.54, 1.807) is 29.7 Å². The molecule has 0 aliphatic heterocycles. The van der Waals surface area contributed by atoms with Gasteiger partial charge >= 0.3 is 0 Å². The summed E-state index contributed by atoms with van der Waals surface area (Å²) in [4.78, 5) is 5.52. The molecule has 24 heavy (non-hydrogen) atoms. The second-order valence-corrected chi connectivity index (χ2v) is 6.70. The van der Waals surface area contributed by atoms with E-state index in [1.807, 2.05) is 42.5 Å². The summed E-state index contributed by atoms with van der Waals surface area (Å²) in [7, 11) is 0. The number of benzene rings is 1. The number of thiophene rings is 1. The fourth-order valence-electron chi connectivity index (χ4n) is 2.58. The highest BCUT2D eigenvalue weighted by Crippen LogP contribution is 2.38. The van der Waals surface area contributed by atoms with Gasteiger partial charge in [0.2, 0.25) is 0 Å². The number of ether oxygens (including phenoxy) is 1. The molecule has 0 fully saturated rings. The van der Waals surface area contributed by atoms with Crippen molar-refractivity contribution in [1.82, 2.24) is 4.98 Å². The highest BCUT2D eigenvalue weighted by molar-refractivity contribution is 7.22. The highest BCUT2D eigenvalue weighted by Gasteiger charge is 2.12. The van der Waals surface area contributed by atoms with Crippen LogP contribution < -0.4 is 10.5 Å². The summed E-state index contributed by atoms with van der Waals surface area (Å²) < 4.78 is 7.04. The summed E-state index contributed by atoms with van der Waals surface area (Å²) in [5.41, 5.74) is 7.79. The Morgan fingerprint density at radius 1 is 1.21 bits per heavy atom. The van der Waals surface area contributed by atoms with Crippen LogP contribution in [-0.4, -0.2) is 16.1 Å². The predicted molar refractivity (Wildman–Crippen MR) is 97.2 cm³/mol. The number of aromatic nitrogens is 1. The summed E-state index contributed by atoms with van der Waals surface area (Å²) >= 11 is 1.63. The van der Waals surface area contributed by atoms with Gasteiger partial charge in [0.15, 0.2) is 0 Å². The number of nitrogens with zero attached hydrogens (tertiary/aromatic N) is 1. The third kappa shape index (κ3) is 2.91. The summed E-state index contributed by atoms with van der Waals surface area (Å²) in [5, 5.41) is 9.44. The van der Waals surface area contributed by atoms with Gasteiger partial charge in [0.05, 0.1) is 10.2 Å². The van der Waals surface area contributed by atoms with Gasteiger partial charge in [-0.3, -0.25) is 4.98 Å². The molecule has 1 aliphatic carbocycles. The third-order valence-electron chi connectivity index (χ3n) is 3.85. The highest BCUT2D eigenvalue weighted by atomic mass is 32.1. The lowest BCUT2D eigenvalue weighted by molar-refractivity contribution is 0.442. The first kappa shape index (κ1) is 14.9. The van der Waals surface area contributed by atoms with E-state index in [2.05, 4.69) is 4.98 Å². The SMILES string of the molecule is NC1C=CC(Oc2ccnc3cc(-c4ccc(O)cc4)sc23)=CC1. The van der Waals surface area contributed by atoms with Crippen LogP contribution in [0.15, 0.2) is 66.6 Å². The number of allylic oxidation sites excluding steroid dienone is 1. The van der Waals surface area contributed by atoms with Gasteiger partial charge in [-0.05, 0) is 54.5 Å². The number of rotatable bonds is 3. The molecule has 0 amide bonds. The molecular formula is C19H16N2O2S. The molecule has 0 spiro atoms. The molecule has 0 bridgehead atoms. The van der Waals surface area contributed by atoms with Crippen molar-refractivity contribution in [2.75, 3.05) is 0 Å². The molecule has 3 aromatic rings. The van der Waals surface area contributed by atoms with Crippen molar-refractivity contribution < 1.29 is 9.84 Å². The average molecular weight is 336 g/mol. The number of hydrogen-bond acceptors (Lipinski definition) is 5. The van der Waals surface area contributed by atoms with Crippen LogP contribution in [0.1, 0.15) is 6.42 Å². The summed E-state index contributed by atoms with van der Waals surface area (Å²) in [6.07, 6.45) is 8.40. The number of phenols is 1. The van der Waals surface area contributed by atoms with Gasteiger partial charge in [0.25, 0.3) is 0 Å². The van der Waals surface area contributed by atoms with Crippen LogP contribution in [0.3, 0.4) is 0 Å². The maximum Gasteiger partial charge on any atom is 0.148 e. The third-order valence-corrected chi connectivity index (χ3v) is 5.04. The summed E-state index contributed by atoms with van der Waals surface area (Å²) in [6, 6.07) is 11.2. The topological polar surface area (TPSA) is 68.4 Å². The zero-order valence-electron chi connectivity index (χ0n) is 12.8. The molecule has 2 aromatic heterocycles. The zero-order valence-corrected chi connectivity index (χ0v) is 13.7. The van der Waals surface area contributed by atoms with E-state index in [0.29, 0.717) is 0 Å². The molecular weight excluding hydrogens is 320 g/mol. The van der Waals surface area contributed by atoms with Crippen LogP contribution in [0.4, 0.5) is 0 Å². The molecule has 1 unspecified atom stereocenters. The molecule has 1 atom stereocenters. The molecule has 0 radical (unpaired) electrons.